The third-order valence-electron chi connectivity index (χ3n) is 3.53. The second-order valence-electron chi connectivity index (χ2n) is 4.70. The summed E-state index contributed by atoms with van der Waals surface area (Å²) in [5.74, 6) is 0. The Labute approximate surface area is 117 Å². The topological polar surface area (TPSA) is 55.0 Å². The van der Waals surface area contributed by atoms with Crippen molar-refractivity contribution in [1.82, 2.24) is 10.2 Å². The summed E-state index contributed by atoms with van der Waals surface area (Å²) >= 11 is 12.0. The zero-order valence-corrected chi connectivity index (χ0v) is 12.0. The van der Waals surface area contributed by atoms with Gasteiger partial charge in [-0.1, -0.05) is 23.2 Å². The van der Waals surface area contributed by atoms with E-state index in [0.29, 0.717) is 22.4 Å². The summed E-state index contributed by atoms with van der Waals surface area (Å²) in [5.41, 5.74) is 6.82. The second kappa shape index (κ2) is 6.04. The Morgan fingerprint density at radius 2 is 1.94 bits per heavy atom. The van der Waals surface area contributed by atoms with Crippen LogP contribution < -0.4 is 10.6 Å². The van der Waals surface area contributed by atoms with Crippen molar-refractivity contribution in [3.63, 3.8) is 0 Å². The lowest BCUT2D eigenvalue weighted by molar-refractivity contribution is 0.378. The molecule has 0 saturated heterocycles. The molecule has 1 aliphatic carbocycles. The Morgan fingerprint density at radius 1 is 1.28 bits per heavy atom. The van der Waals surface area contributed by atoms with Gasteiger partial charge >= 0.3 is 0 Å². The zero-order chi connectivity index (χ0) is 13.1. The second-order valence-corrected chi connectivity index (χ2v) is 5.44. The maximum Gasteiger partial charge on any atom is 0.175 e. The van der Waals surface area contributed by atoms with Crippen LogP contribution in [0.4, 0.5) is 5.69 Å². The molecule has 1 heterocycles. The van der Waals surface area contributed by atoms with Gasteiger partial charge in [0.1, 0.15) is 0 Å². The molecule has 1 fully saturated rings. The van der Waals surface area contributed by atoms with Gasteiger partial charge in [-0.15, -0.1) is 10.2 Å². The lowest BCUT2D eigenvalue weighted by atomic mass is 9.90. The van der Waals surface area contributed by atoms with E-state index in [1.807, 2.05) is 0 Å². The van der Waals surface area contributed by atoms with Crippen LogP contribution in [0.1, 0.15) is 32.6 Å². The lowest BCUT2D eigenvalue weighted by Crippen LogP contribution is -2.41. The highest BCUT2D eigenvalue weighted by Gasteiger charge is 2.25. The van der Waals surface area contributed by atoms with E-state index < -0.39 is 0 Å². The van der Waals surface area contributed by atoms with Gasteiger partial charge in [-0.3, -0.25) is 0 Å². The first-order valence-corrected chi connectivity index (χ1v) is 7.08. The van der Waals surface area contributed by atoms with Crippen LogP contribution in [-0.4, -0.2) is 28.8 Å². The predicted octanol–water partition coefficient (Wildman–Crippen LogP) is 2.88. The number of anilines is 1. The Hall–Kier alpha value is -0.580. The van der Waals surface area contributed by atoms with Gasteiger partial charge in [-0.05, 0) is 32.6 Å². The Bertz CT molecular complexity index is 405. The lowest BCUT2D eigenvalue weighted by Gasteiger charge is -2.37. The highest BCUT2D eigenvalue weighted by molar-refractivity contribution is 6.33. The summed E-state index contributed by atoms with van der Waals surface area (Å²) in [6.45, 7) is 2.99. The monoisotopic (exact) mass is 288 g/mol. The molecule has 0 aromatic carbocycles. The molecule has 0 unspecified atom stereocenters. The number of halogens is 2. The van der Waals surface area contributed by atoms with Gasteiger partial charge in [0.2, 0.25) is 0 Å². The summed E-state index contributed by atoms with van der Waals surface area (Å²) in [7, 11) is 0. The van der Waals surface area contributed by atoms with Crippen LogP contribution in [0.15, 0.2) is 6.07 Å². The Morgan fingerprint density at radius 3 is 2.56 bits per heavy atom. The summed E-state index contributed by atoms with van der Waals surface area (Å²) in [4.78, 5) is 2.26. The molecular weight excluding hydrogens is 271 g/mol. The molecule has 2 rings (SSSR count). The van der Waals surface area contributed by atoms with Gasteiger partial charge < -0.3 is 10.6 Å². The predicted molar refractivity (Wildman–Crippen MR) is 75.3 cm³/mol. The Balaban J connectivity index is 2.19. The molecule has 0 amide bonds. The van der Waals surface area contributed by atoms with Crippen molar-refractivity contribution < 1.29 is 0 Å². The molecule has 0 atom stereocenters. The average Bonchev–Trinajstić information content (AvgIpc) is 2.37. The normalized spacial score (nSPS) is 24.0. The molecule has 0 spiro atoms. The molecule has 100 valence electrons. The van der Waals surface area contributed by atoms with Crippen molar-refractivity contribution in [3.05, 3.63) is 16.4 Å². The van der Waals surface area contributed by atoms with Crippen molar-refractivity contribution in [2.24, 2.45) is 5.73 Å². The number of nitrogens with two attached hydrogens (primary N) is 1. The van der Waals surface area contributed by atoms with Crippen molar-refractivity contribution in [1.29, 1.82) is 0 Å². The van der Waals surface area contributed by atoms with Crippen molar-refractivity contribution in [2.75, 3.05) is 11.4 Å². The molecule has 1 saturated carbocycles. The molecule has 0 bridgehead atoms. The van der Waals surface area contributed by atoms with Crippen molar-refractivity contribution in [3.8, 4) is 0 Å². The quantitative estimate of drug-likeness (QED) is 0.929. The van der Waals surface area contributed by atoms with Crippen LogP contribution in [0.5, 0.6) is 0 Å². The van der Waals surface area contributed by atoms with Crippen LogP contribution >= 0.6 is 23.2 Å². The van der Waals surface area contributed by atoms with E-state index in [4.69, 9.17) is 28.9 Å². The minimum atomic E-state index is 0.342. The standard InChI is InChI=1S/C12H18Cl2N4/c1-2-18(9-5-3-8(15)4-6-9)10-7-11(13)16-17-12(10)14/h7-9H,2-6,15H2,1H3. The minimum Gasteiger partial charge on any atom is -0.366 e. The number of rotatable bonds is 3. The van der Waals surface area contributed by atoms with Crippen LogP contribution in [0.25, 0.3) is 0 Å². The largest absolute Gasteiger partial charge is 0.366 e. The highest BCUT2D eigenvalue weighted by Crippen LogP contribution is 2.31. The van der Waals surface area contributed by atoms with E-state index in [9.17, 15) is 0 Å². The molecule has 6 heteroatoms. The SMILES string of the molecule is CCN(c1cc(Cl)nnc1Cl)C1CCC(N)CC1. The van der Waals surface area contributed by atoms with Gasteiger partial charge in [0, 0.05) is 24.7 Å². The summed E-state index contributed by atoms with van der Waals surface area (Å²) in [5, 5.41) is 8.41. The molecular formula is C12H18Cl2N4. The number of hydrogen-bond acceptors (Lipinski definition) is 4. The molecule has 1 aromatic heterocycles. The zero-order valence-electron chi connectivity index (χ0n) is 10.4. The van der Waals surface area contributed by atoms with Gasteiger partial charge in [-0.25, -0.2) is 0 Å². The molecule has 18 heavy (non-hydrogen) atoms. The third kappa shape index (κ3) is 3.05. The van der Waals surface area contributed by atoms with Crippen LogP contribution in [0.2, 0.25) is 10.3 Å². The maximum absolute atomic E-state index is 6.12. The van der Waals surface area contributed by atoms with Gasteiger partial charge in [0.05, 0.1) is 5.69 Å². The first-order valence-electron chi connectivity index (χ1n) is 6.32. The molecule has 2 N–H and O–H groups in total. The van der Waals surface area contributed by atoms with Crippen LogP contribution in [0.3, 0.4) is 0 Å². The van der Waals surface area contributed by atoms with Crippen LogP contribution in [-0.2, 0) is 0 Å². The fourth-order valence-electron chi connectivity index (χ4n) is 2.58. The fraction of sp³-hybridized carbons (Fsp3) is 0.667. The van der Waals surface area contributed by atoms with Crippen molar-refractivity contribution >= 4 is 28.9 Å². The maximum atomic E-state index is 6.12. The fourth-order valence-corrected chi connectivity index (χ4v) is 2.93. The number of aromatic nitrogens is 2. The average molecular weight is 289 g/mol. The van der Waals surface area contributed by atoms with Crippen molar-refractivity contribution in [2.45, 2.75) is 44.7 Å². The smallest absolute Gasteiger partial charge is 0.175 e. The summed E-state index contributed by atoms with van der Waals surface area (Å²) in [6, 6.07) is 2.59. The van der Waals surface area contributed by atoms with Gasteiger partial charge in [0.15, 0.2) is 10.3 Å². The van der Waals surface area contributed by atoms with E-state index in [0.717, 1.165) is 37.9 Å². The summed E-state index contributed by atoms with van der Waals surface area (Å²) < 4.78 is 0. The van der Waals surface area contributed by atoms with E-state index in [1.54, 1.807) is 6.07 Å². The molecule has 4 nitrogen and oxygen atoms in total. The third-order valence-corrected chi connectivity index (χ3v) is 3.99. The van der Waals surface area contributed by atoms with Gasteiger partial charge in [-0.2, -0.15) is 0 Å². The minimum absolute atomic E-state index is 0.342. The molecule has 1 aromatic rings. The number of hydrogen-bond donors (Lipinski definition) is 1. The molecule has 0 radical (unpaired) electrons. The molecule has 1 aliphatic rings. The first-order chi connectivity index (χ1) is 8.61. The van der Waals surface area contributed by atoms with E-state index >= 15 is 0 Å². The summed E-state index contributed by atoms with van der Waals surface area (Å²) in [6.07, 6.45) is 4.30. The molecule has 0 aliphatic heterocycles. The van der Waals surface area contributed by atoms with Gasteiger partial charge in [0.25, 0.3) is 0 Å². The first kappa shape index (κ1) is 13.8. The Kier molecular flexibility index (Phi) is 4.65. The van der Waals surface area contributed by atoms with Crippen LogP contribution in [0, 0.1) is 0 Å². The highest BCUT2D eigenvalue weighted by atomic mass is 35.5. The van der Waals surface area contributed by atoms with E-state index in [-0.39, 0.29) is 0 Å². The van der Waals surface area contributed by atoms with E-state index in [2.05, 4.69) is 22.0 Å². The number of nitrogens with zero attached hydrogens (tertiary/aromatic N) is 3. The van der Waals surface area contributed by atoms with E-state index in [1.165, 1.54) is 0 Å².